The van der Waals surface area contributed by atoms with Crippen LogP contribution in [0, 0.1) is 11.3 Å². The van der Waals surface area contributed by atoms with E-state index < -0.39 is 0 Å². The number of aliphatic imine (C=N–C) groups is 2. The number of allylic oxidation sites excluding steroid dienone is 2. The van der Waals surface area contributed by atoms with Gasteiger partial charge in [-0.15, -0.1) is 0 Å². The van der Waals surface area contributed by atoms with Gasteiger partial charge in [-0.05, 0) is 69.8 Å². The minimum absolute atomic E-state index is 0.146. The average Bonchev–Trinajstić information content (AvgIpc) is 3.42. The highest BCUT2D eigenvalue weighted by Gasteiger charge is 2.45. The van der Waals surface area contributed by atoms with Crippen LogP contribution in [-0.4, -0.2) is 53.0 Å². The monoisotopic (exact) mass is 500 g/mol. The molecule has 37 heavy (non-hydrogen) atoms. The molecule has 1 spiro atoms. The van der Waals surface area contributed by atoms with Crippen molar-refractivity contribution in [2.45, 2.75) is 113 Å². The van der Waals surface area contributed by atoms with Crippen LogP contribution in [0.3, 0.4) is 0 Å². The Labute approximate surface area is 222 Å². The third-order valence-electron chi connectivity index (χ3n) is 9.94. The van der Waals surface area contributed by atoms with E-state index in [9.17, 15) is 0 Å². The van der Waals surface area contributed by atoms with E-state index in [4.69, 9.17) is 15.4 Å². The summed E-state index contributed by atoms with van der Waals surface area (Å²) in [7, 11) is 1.98. The smallest absolute Gasteiger partial charge is 0.196 e. The normalized spacial score (nSPS) is 37.2. The number of hydrogen-bond donors (Lipinski definition) is 3. The summed E-state index contributed by atoms with van der Waals surface area (Å²) in [5.74, 6) is 1.30. The van der Waals surface area contributed by atoms with Crippen molar-refractivity contribution >= 4 is 17.9 Å². The summed E-state index contributed by atoms with van der Waals surface area (Å²) in [4.78, 5) is 11.8. The first-order valence-electron chi connectivity index (χ1n) is 14.7. The van der Waals surface area contributed by atoms with Gasteiger partial charge in [0.15, 0.2) is 5.96 Å². The first-order valence-corrected chi connectivity index (χ1v) is 14.7. The van der Waals surface area contributed by atoms with Crippen molar-refractivity contribution in [2.24, 2.45) is 15.9 Å². The quantitative estimate of drug-likeness (QED) is 0.418. The van der Waals surface area contributed by atoms with Crippen LogP contribution < -0.4 is 10.6 Å². The Morgan fingerprint density at radius 1 is 1.19 bits per heavy atom. The predicted molar refractivity (Wildman–Crippen MR) is 153 cm³/mol. The van der Waals surface area contributed by atoms with Crippen LogP contribution in [-0.2, 0) is 0 Å². The van der Waals surface area contributed by atoms with Crippen molar-refractivity contribution in [3.05, 3.63) is 47.9 Å². The summed E-state index contributed by atoms with van der Waals surface area (Å²) in [5.41, 5.74) is 4.62. The van der Waals surface area contributed by atoms with Crippen LogP contribution in [0.5, 0.6) is 0 Å². The molecule has 6 rings (SSSR count). The largest absolute Gasteiger partial charge is 0.342 e. The average molecular weight is 501 g/mol. The number of likely N-dealkylation sites (N-methyl/N-ethyl adjacent to an activating group) is 1. The second-order valence-corrected chi connectivity index (χ2v) is 12.4. The summed E-state index contributed by atoms with van der Waals surface area (Å²) < 4.78 is 0. The van der Waals surface area contributed by atoms with Crippen LogP contribution in [0.4, 0.5) is 0 Å². The molecule has 4 fully saturated rings. The van der Waals surface area contributed by atoms with Gasteiger partial charge in [0.1, 0.15) is 0 Å². The van der Waals surface area contributed by atoms with Crippen LogP contribution in [0.15, 0.2) is 57.8 Å². The molecule has 3 aliphatic carbocycles. The van der Waals surface area contributed by atoms with Crippen molar-refractivity contribution in [2.75, 3.05) is 7.05 Å². The van der Waals surface area contributed by atoms with Crippen LogP contribution >= 0.6 is 0 Å². The van der Waals surface area contributed by atoms with Crippen LogP contribution in [0.2, 0.25) is 0 Å². The van der Waals surface area contributed by atoms with Gasteiger partial charge in [0.05, 0.1) is 29.0 Å². The maximum absolute atomic E-state index is 8.52. The lowest BCUT2D eigenvalue weighted by atomic mass is 9.75. The van der Waals surface area contributed by atoms with Gasteiger partial charge in [-0.2, -0.15) is 0 Å². The first-order chi connectivity index (χ1) is 18.0. The minimum atomic E-state index is -0.314. The van der Waals surface area contributed by atoms with Gasteiger partial charge in [-0.1, -0.05) is 62.5 Å². The Balaban J connectivity index is 1.19. The molecule has 3 unspecified atom stereocenters. The van der Waals surface area contributed by atoms with Crippen molar-refractivity contribution in [1.29, 1.82) is 5.41 Å². The van der Waals surface area contributed by atoms with Gasteiger partial charge in [0.25, 0.3) is 0 Å². The van der Waals surface area contributed by atoms with E-state index in [2.05, 4.69) is 41.5 Å². The lowest BCUT2D eigenvalue weighted by molar-refractivity contribution is 0.294. The molecule has 6 nitrogen and oxygen atoms in total. The zero-order valence-corrected chi connectivity index (χ0v) is 22.6. The zero-order chi connectivity index (χ0) is 25.5. The van der Waals surface area contributed by atoms with Gasteiger partial charge in [0, 0.05) is 24.5 Å². The highest BCUT2D eigenvalue weighted by Crippen LogP contribution is 2.43. The number of nitrogens with zero attached hydrogens (tertiary/aromatic N) is 3. The fourth-order valence-corrected chi connectivity index (χ4v) is 7.70. The SMILES string of the molecule is C=C1N(C)C(=N)N[C@@]1(/C=C1\CCCC2(CCC(C3=NC4=CC=CCC4N=C3)N2)C1)CCC1CCCCC1. The molecule has 0 aromatic rings. The summed E-state index contributed by atoms with van der Waals surface area (Å²) in [6.07, 6.45) is 28.0. The molecule has 0 bridgehead atoms. The van der Waals surface area contributed by atoms with E-state index in [0.717, 1.165) is 55.1 Å². The van der Waals surface area contributed by atoms with Gasteiger partial charge in [-0.25, -0.2) is 0 Å². The van der Waals surface area contributed by atoms with Gasteiger partial charge in [-0.3, -0.25) is 15.4 Å². The molecular weight excluding hydrogens is 456 g/mol. The van der Waals surface area contributed by atoms with Crippen molar-refractivity contribution < 1.29 is 0 Å². The molecule has 0 radical (unpaired) electrons. The van der Waals surface area contributed by atoms with Crippen LogP contribution in [0.25, 0.3) is 0 Å². The topological polar surface area (TPSA) is 75.9 Å². The highest BCUT2D eigenvalue weighted by atomic mass is 15.4. The van der Waals surface area contributed by atoms with E-state index in [-0.39, 0.29) is 23.2 Å². The molecule has 0 amide bonds. The fraction of sp³-hybridized carbons (Fsp3) is 0.645. The van der Waals surface area contributed by atoms with E-state index >= 15 is 0 Å². The summed E-state index contributed by atoms with van der Waals surface area (Å²) in [6, 6.07) is 0.497. The van der Waals surface area contributed by atoms with Crippen molar-refractivity contribution in [3.8, 4) is 0 Å². The lowest BCUT2D eigenvalue weighted by Gasteiger charge is -2.38. The van der Waals surface area contributed by atoms with Gasteiger partial charge in [0.2, 0.25) is 0 Å². The first kappa shape index (κ1) is 24.8. The molecule has 3 aliphatic heterocycles. The standard InChI is InChI=1S/C31H44N6/c1-22-31(36-29(32)37(22)2,18-14-23-9-4-3-5-10-23)20-24-11-8-16-30(19-24)17-15-27(35-30)28-21-33-25-12-6-7-13-26(25)34-28/h6-7,13,20-21,23,25,27,35H,1,3-5,8-12,14-19H2,2H3,(H2,32,36)/b24-20+/t25?,27?,30?,31-/m1/s1. The molecular formula is C31H44N6. The molecule has 3 heterocycles. The van der Waals surface area contributed by atoms with E-state index in [1.807, 2.05) is 18.2 Å². The lowest BCUT2D eigenvalue weighted by Crippen LogP contribution is -2.48. The van der Waals surface area contributed by atoms with Crippen molar-refractivity contribution in [3.63, 3.8) is 0 Å². The molecule has 6 heteroatoms. The molecule has 198 valence electrons. The number of rotatable bonds is 5. The zero-order valence-electron chi connectivity index (χ0n) is 22.6. The van der Waals surface area contributed by atoms with Crippen LogP contribution in [0.1, 0.15) is 89.9 Å². The molecule has 2 saturated heterocycles. The van der Waals surface area contributed by atoms with Gasteiger partial charge < -0.3 is 15.5 Å². The molecule has 0 aromatic heterocycles. The molecule has 2 saturated carbocycles. The number of guanidine groups is 1. The fourth-order valence-electron chi connectivity index (χ4n) is 7.70. The summed E-state index contributed by atoms with van der Waals surface area (Å²) in [5, 5.41) is 16.2. The third kappa shape index (κ3) is 4.89. The predicted octanol–water partition coefficient (Wildman–Crippen LogP) is 5.80. The number of fused-ring (bicyclic) bond motifs is 1. The Morgan fingerprint density at radius 3 is 2.86 bits per heavy atom. The Kier molecular flexibility index (Phi) is 6.72. The number of hydrogen-bond acceptors (Lipinski definition) is 4. The van der Waals surface area contributed by atoms with E-state index in [1.165, 1.54) is 63.4 Å². The Hall–Kier alpha value is -2.47. The minimum Gasteiger partial charge on any atom is -0.342 e. The summed E-state index contributed by atoms with van der Waals surface area (Å²) in [6.45, 7) is 4.49. The molecule has 3 N–H and O–H groups in total. The third-order valence-corrected chi connectivity index (χ3v) is 9.94. The summed E-state index contributed by atoms with van der Waals surface area (Å²) >= 11 is 0. The Morgan fingerprint density at radius 2 is 2.05 bits per heavy atom. The van der Waals surface area contributed by atoms with E-state index in [0.29, 0.717) is 5.96 Å². The molecule has 6 aliphatic rings. The second-order valence-electron chi connectivity index (χ2n) is 12.4. The van der Waals surface area contributed by atoms with Crippen molar-refractivity contribution in [1.82, 2.24) is 15.5 Å². The number of nitrogens with one attached hydrogen (secondary N) is 3. The molecule has 0 aromatic carbocycles. The van der Waals surface area contributed by atoms with E-state index in [1.54, 1.807) is 0 Å². The highest BCUT2D eigenvalue weighted by molar-refractivity contribution is 6.34. The van der Waals surface area contributed by atoms with Gasteiger partial charge >= 0.3 is 0 Å². The molecule has 4 atom stereocenters. The Bertz CT molecular complexity index is 1090. The maximum atomic E-state index is 8.52. The second kappa shape index (κ2) is 10.0. The maximum Gasteiger partial charge on any atom is 0.196 e.